The van der Waals surface area contributed by atoms with E-state index in [9.17, 15) is 4.79 Å². The van der Waals surface area contributed by atoms with Gasteiger partial charge in [-0.15, -0.1) is 0 Å². The van der Waals surface area contributed by atoms with Crippen molar-refractivity contribution in [3.05, 3.63) is 30.1 Å². The van der Waals surface area contributed by atoms with Gasteiger partial charge < -0.3 is 10.1 Å². The maximum Gasteiger partial charge on any atom is 0.245 e. The number of nitrogens with zero attached hydrogens (tertiary/aromatic N) is 2. The summed E-state index contributed by atoms with van der Waals surface area (Å²) in [6.45, 7) is 0.780. The summed E-state index contributed by atoms with van der Waals surface area (Å²) in [7, 11) is 0. The number of nitriles is 1. The molecule has 1 aromatic heterocycles. The minimum Gasteiger partial charge on any atom is -0.377 e. The van der Waals surface area contributed by atoms with E-state index in [-0.39, 0.29) is 19.1 Å². The maximum atomic E-state index is 11.7. The molecule has 0 radical (unpaired) electrons. The molecule has 1 N–H and O–H groups in total. The summed E-state index contributed by atoms with van der Waals surface area (Å²) in [5.41, 5.74) is -0.0239. The molecule has 1 saturated heterocycles. The number of pyridine rings is 1. The topological polar surface area (TPSA) is 75.0 Å². The molecule has 1 aliphatic rings. The van der Waals surface area contributed by atoms with Crippen LogP contribution in [0.2, 0.25) is 0 Å². The highest BCUT2D eigenvalue weighted by atomic mass is 16.5. The second kappa shape index (κ2) is 4.29. The fraction of sp³-hybridized carbons (Fsp3) is 0.364. The van der Waals surface area contributed by atoms with Gasteiger partial charge in [0, 0.05) is 18.9 Å². The van der Waals surface area contributed by atoms with Gasteiger partial charge in [0.2, 0.25) is 5.91 Å². The third-order valence-electron chi connectivity index (χ3n) is 2.55. The fourth-order valence-electron chi connectivity index (χ4n) is 1.40. The number of hydrogen-bond acceptors (Lipinski definition) is 4. The van der Waals surface area contributed by atoms with Crippen molar-refractivity contribution in [2.45, 2.75) is 6.54 Å². The van der Waals surface area contributed by atoms with Crippen LogP contribution in [-0.2, 0) is 16.1 Å². The maximum absolute atomic E-state index is 11.7. The van der Waals surface area contributed by atoms with E-state index in [4.69, 9.17) is 10.00 Å². The van der Waals surface area contributed by atoms with E-state index in [0.29, 0.717) is 6.54 Å². The van der Waals surface area contributed by atoms with Crippen molar-refractivity contribution < 1.29 is 9.53 Å². The molecule has 2 heterocycles. The number of hydrogen-bond donors (Lipinski definition) is 1. The van der Waals surface area contributed by atoms with Crippen molar-refractivity contribution in [3.8, 4) is 6.07 Å². The van der Waals surface area contributed by atoms with E-state index < -0.39 is 5.41 Å². The third kappa shape index (κ3) is 1.88. The van der Waals surface area contributed by atoms with Crippen LogP contribution in [0.4, 0.5) is 0 Å². The smallest absolute Gasteiger partial charge is 0.245 e. The summed E-state index contributed by atoms with van der Waals surface area (Å²) >= 11 is 0. The predicted octanol–water partition coefficient (Wildman–Crippen LogP) is 0.238. The Morgan fingerprint density at radius 3 is 2.75 bits per heavy atom. The van der Waals surface area contributed by atoms with Crippen molar-refractivity contribution in [1.82, 2.24) is 10.3 Å². The number of aromatic nitrogens is 1. The van der Waals surface area contributed by atoms with Crippen molar-refractivity contribution >= 4 is 5.91 Å². The van der Waals surface area contributed by atoms with Crippen molar-refractivity contribution in [2.75, 3.05) is 13.2 Å². The van der Waals surface area contributed by atoms with Crippen LogP contribution in [0.15, 0.2) is 24.5 Å². The number of amides is 1. The number of carbonyl (C=O) groups excluding carboxylic acids is 1. The first kappa shape index (κ1) is 10.6. The average molecular weight is 217 g/mol. The van der Waals surface area contributed by atoms with Gasteiger partial charge in [-0.1, -0.05) is 0 Å². The highest BCUT2D eigenvalue weighted by molar-refractivity contribution is 5.86. The highest BCUT2D eigenvalue weighted by Crippen LogP contribution is 2.26. The standard InChI is InChI=1S/C11H11N3O2/c12-6-11(7-16-8-11)10(15)14-5-9-1-3-13-4-2-9/h1-4H,5,7-8H2,(H,14,15). The molecule has 0 aromatic carbocycles. The van der Waals surface area contributed by atoms with E-state index in [1.807, 2.05) is 18.2 Å². The second-order valence-electron chi connectivity index (χ2n) is 3.72. The summed E-state index contributed by atoms with van der Waals surface area (Å²) < 4.78 is 4.91. The quantitative estimate of drug-likeness (QED) is 0.786. The van der Waals surface area contributed by atoms with Gasteiger partial charge in [0.1, 0.15) is 0 Å². The lowest BCUT2D eigenvalue weighted by atomic mass is 9.87. The van der Waals surface area contributed by atoms with Crippen LogP contribution in [0.25, 0.3) is 0 Å². The third-order valence-corrected chi connectivity index (χ3v) is 2.55. The van der Waals surface area contributed by atoms with Crippen LogP contribution in [0.1, 0.15) is 5.56 Å². The fourth-order valence-corrected chi connectivity index (χ4v) is 1.40. The molecule has 1 amide bonds. The first-order valence-electron chi connectivity index (χ1n) is 4.93. The van der Waals surface area contributed by atoms with E-state index in [2.05, 4.69) is 10.3 Å². The lowest BCUT2D eigenvalue weighted by Gasteiger charge is -2.33. The first-order valence-corrected chi connectivity index (χ1v) is 4.93. The lowest BCUT2D eigenvalue weighted by molar-refractivity contribution is -0.150. The van der Waals surface area contributed by atoms with Gasteiger partial charge in [0.25, 0.3) is 0 Å². The van der Waals surface area contributed by atoms with Gasteiger partial charge in [0.15, 0.2) is 5.41 Å². The van der Waals surface area contributed by atoms with E-state index >= 15 is 0 Å². The van der Waals surface area contributed by atoms with Crippen molar-refractivity contribution in [2.24, 2.45) is 5.41 Å². The second-order valence-corrected chi connectivity index (χ2v) is 3.72. The molecule has 5 nitrogen and oxygen atoms in total. The molecule has 0 saturated carbocycles. The van der Waals surface area contributed by atoms with Gasteiger partial charge in [-0.25, -0.2) is 0 Å². The number of ether oxygens (including phenoxy) is 1. The average Bonchev–Trinajstić information content (AvgIpc) is 2.27. The van der Waals surface area contributed by atoms with Crippen LogP contribution in [0, 0.1) is 16.7 Å². The van der Waals surface area contributed by atoms with Gasteiger partial charge >= 0.3 is 0 Å². The molecular formula is C11H11N3O2. The van der Waals surface area contributed by atoms with Crippen LogP contribution >= 0.6 is 0 Å². The molecule has 0 unspecified atom stereocenters. The van der Waals surface area contributed by atoms with Crippen molar-refractivity contribution in [3.63, 3.8) is 0 Å². The zero-order chi connectivity index (χ0) is 11.4. The predicted molar refractivity (Wildman–Crippen MR) is 54.9 cm³/mol. The Morgan fingerprint density at radius 1 is 1.56 bits per heavy atom. The minimum absolute atomic E-state index is 0.186. The van der Waals surface area contributed by atoms with Crippen LogP contribution in [0.5, 0.6) is 0 Å². The normalized spacial score (nSPS) is 16.9. The Kier molecular flexibility index (Phi) is 2.84. The zero-order valence-corrected chi connectivity index (χ0v) is 8.64. The van der Waals surface area contributed by atoms with Crippen molar-refractivity contribution in [1.29, 1.82) is 5.26 Å². The van der Waals surface area contributed by atoms with Crippen LogP contribution in [-0.4, -0.2) is 24.1 Å². The molecule has 1 aliphatic heterocycles. The summed E-state index contributed by atoms with van der Waals surface area (Å²) in [6.07, 6.45) is 3.32. The molecule has 82 valence electrons. The van der Waals surface area contributed by atoms with E-state index in [1.54, 1.807) is 12.4 Å². The number of rotatable bonds is 3. The zero-order valence-electron chi connectivity index (χ0n) is 8.64. The monoisotopic (exact) mass is 217 g/mol. The SMILES string of the molecule is N#CC1(C(=O)NCc2ccncc2)COC1. The summed E-state index contributed by atoms with van der Waals surface area (Å²) in [4.78, 5) is 15.6. The first-order chi connectivity index (χ1) is 7.77. The van der Waals surface area contributed by atoms with E-state index in [0.717, 1.165) is 5.56 Å². The van der Waals surface area contributed by atoms with Crippen LogP contribution < -0.4 is 5.32 Å². The largest absolute Gasteiger partial charge is 0.377 e. The Balaban J connectivity index is 1.92. The molecule has 0 bridgehead atoms. The minimum atomic E-state index is -0.979. The Bertz CT molecular complexity index is 421. The Morgan fingerprint density at radius 2 is 2.25 bits per heavy atom. The molecular weight excluding hydrogens is 206 g/mol. The Hall–Kier alpha value is -1.93. The Labute approximate surface area is 93.1 Å². The summed E-state index contributed by atoms with van der Waals surface area (Å²) in [5, 5.41) is 11.6. The molecule has 2 rings (SSSR count). The molecule has 0 atom stereocenters. The summed E-state index contributed by atoms with van der Waals surface area (Å²) in [5.74, 6) is -0.266. The lowest BCUT2D eigenvalue weighted by Crippen LogP contribution is -2.52. The van der Waals surface area contributed by atoms with Gasteiger partial charge in [-0.2, -0.15) is 5.26 Å². The van der Waals surface area contributed by atoms with E-state index in [1.165, 1.54) is 0 Å². The molecule has 5 heteroatoms. The number of nitrogens with one attached hydrogen (secondary N) is 1. The van der Waals surface area contributed by atoms with Crippen LogP contribution in [0.3, 0.4) is 0 Å². The molecule has 0 spiro atoms. The number of carbonyl (C=O) groups is 1. The van der Waals surface area contributed by atoms with Gasteiger partial charge in [0.05, 0.1) is 19.3 Å². The van der Waals surface area contributed by atoms with Gasteiger partial charge in [-0.3, -0.25) is 9.78 Å². The molecule has 16 heavy (non-hydrogen) atoms. The highest BCUT2D eigenvalue weighted by Gasteiger charge is 2.46. The molecule has 1 aromatic rings. The molecule has 0 aliphatic carbocycles. The summed E-state index contributed by atoms with van der Waals surface area (Å²) in [6, 6.07) is 5.63. The molecule has 1 fully saturated rings. The van der Waals surface area contributed by atoms with Gasteiger partial charge in [-0.05, 0) is 17.7 Å².